The van der Waals surface area contributed by atoms with Crippen LogP contribution < -0.4 is 0 Å². The SMILES string of the molecule is CCc1nc(-c2ccc3c(c2)oc2ccccc23)c2cc(CC(C)(C)c3nc(-c4ccc5ccccc5c4)c4ccccc4n3)ccc2n1. The minimum absolute atomic E-state index is 0.360. The van der Waals surface area contributed by atoms with Crippen LogP contribution in [-0.2, 0) is 18.3 Å². The van der Waals surface area contributed by atoms with Crippen molar-refractivity contribution in [2.75, 3.05) is 0 Å². The molecular formula is C44H34N4O. The first-order chi connectivity index (χ1) is 23.9. The fourth-order valence-corrected chi connectivity index (χ4v) is 7.11. The molecule has 5 heteroatoms. The average molecular weight is 635 g/mol. The predicted molar refractivity (Wildman–Crippen MR) is 201 cm³/mol. The molecule has 6 aromatic carbocycles. The van der Waals surface area contributed by atoms with Crippen LogP contribution in [0.15, 0.2) is 132 Å². The highest BCUT2D eigenvalue weighted by atomic mass is 16.3. The molecule has 3 heterocycles. The fraction of sp³-hybridized carbons (Fsp3) is 0.136. The van der Waals surface area contributed by atoms with E-state index in [0.717, 1.165) is 90.7 Å². The molecule has 236 valence electrons. The van der Waals surface area contributed by atoms with E-state index in [9.17, 15) is 0 Å². The lowest BCUT2D eigenvalue weighted by molar-refractivity contribution is 0.490. The van der Waals surface area contributed by atoms with Gasteiger partial charge in [-0.2, -0.15) is 0 Å². The van der Waals surface area contributed by atoms with Crippen LogP contribution in [0.1, 0.15) is 38.0 Å². The van der Waals surface area contributed by atoms with Gasteiger partial charge in [-0.05, 0) is 65.2 Å². The summed E-state index contributed by atoms with van der Waals surface area (Å²) < 4.78 is 6.26. The number of benzene rings is 6. The molecular weight excluding hydrogens is 601 g/mol. The molecule has 0 aliphatic carbocycles. The van der Waals surface area contributed by atoms with E-state index in [1.807, 2.05) is 24.3 Å². The summed E-state index contributed by atoms with van der Waals surface area (Å²) in [5, 5.41) is 6.72. The lowest BCUT2D eigenvalue weighted by atomic mass is 9.84. The maximum atomic E-state index is 6.26. The van der Waals surface area contributed by atoms with E-state index in [1.54, 1.807) is 0 Å². The van der Waals surface area contributed by atoms with E-state index in [1.165, 1.54) is 16.3 Å². The van der Waals surface area contributed by atoms with Gasteiger partial charge in [0.25, 0.3) is 0 Å². The van der Waals surface area contributed by atoms with Crippen LogP contribution >= 0.6 is 0 Å². The number of rotatable bonds is 6. The van der Waals surface area contributed by atoms with Gasteiger partial charge in [0.1, 0.15) is 22.8 Å². The molecule has 0 spiro atoms. The van der Waals surface area contributed by atoms with Crippen molar-refractivity contribution in [2.24, 2.45) is 0 Å². The predicted octanol–water partition coefficient (Wildman–Crippen LogP) is 11.0. The van der Waals surface area contributed by atoms with Gasteiger partial charge in [-0.25, -0.2) is 19.9 Å². The van der Waals surface area contributed by atoms with Gasteiger partial charge in [0.15, 0.2) is 0 Å². The Labute approximate surface area is 284 Å². The molecule has 0 aliphatic heterocycles. The van der Waals surface area contributed by atoms with Crippen LogP contribution in [-0.4, -0.2) is 19.9 Å². The number of para-hydroxylation sites is 2. The van der Waals surface area contributed by atoms with Crippen molar-refractivity contribution in [1.82, 2.24) is 19.9 Å². The summed E-state index contributed by atoms with van der Waals surface area (Å²) in [6, 6.07) is 44.5. The van der Waals surface area contributed by atoms with Crippen LogP contribution in [0.2, 0.25) is 0 Å². The third-order valence-corrected chi connectivity index (χ3v) is 9.65. The van der Waals surface area contributed by atoms with Crippen molar-refractivity contribution in [3.05, 3.63) is 145 Å². The fourth-order valence-electron chi connectivity index (χ4n) is 7.11. The molecule has 0 saturated heterocycles. The average Bonchev–Trinajstić information content (AvgIpc) is 3.51. The van der Waals surface area contributed by atoms with Gasteiger partial charge >= 0.3 is 0 Å². The van der Waals surface area contributed by atoms with Crippen LogP contribution in [0, 0.1) is 0 Å². The highest BCUT2D eigenvalue weighted by molar-refractivity contribution is 6.06. The van der Waals surface area contributed by atoms with Gasteiger partial charge in [-0.15, -0.1) is 0 Å². The molecule has 9 rings (SSSR count). The van der Waals surface area contributed by atoms with Crippen molar-refractivity contribution in [3.8, 4) is 22.5 Å². The Morgan fingerprint density at radius 3 is 2.10 bits per heavy atom. The number of aryl methyl sites for hydroxylation is 1. The number of furan rings is 1. The molecule has 0 unspecified atom stereocenters. The Bertz CT molecular complexity index is 2720. The van der Waals surface area contributed by atoms with Gasteiger partial charge in [-0.1, -0.05) is 106 Å². The van der Waals surface area contributed by atoms with E-state index in [0.29, 0.717) is 0 Å². The molecule has 5 nitrogen and oxygen atoms in total. The summed E-state index contributed by atoms with van der Waals surface area (Å²) in [5.41, 5.74) is 8.45. The molecule has 3 aromatic heterocycles. The summed E-state index contributed by atoms with van der Waals surface area (Å²) in [6.45, 7) is 6.57. The van der Waals surface area contributed by atoms with E-state index >= 15 is 0 Å². The first-order valence-electron chi connectivity index (χ1n) is 16.9. The van der Waals surface area contributed by atoms with Crippen molar-refractivity contribution in [2.45, 2.75) is 39.0 Å². The van der Waals surface area contributed by atoms with Gasteiger partial charge in [0, 0.05) is 44.5 Å². The standard InChI is InChI=1S/C44H34N4O/c1-4-40-45-37-22-17-27(23-35(37)42(47-40)31-20-21-33-32-13-8-10-16-38(32)49-39(33)25-31)26-44(2,3)43-46-36-15-9-7-14-34(36)41(48-43)30-19-18-28-11-5-6-12-29(28)24-30/h5-25H,4,26H2,1-3H3. The van der Waals surface area contributed by atoms with E-state index in [2.05, 4.69) is 124 Å². The first-order valence-corrected chi connectivity index (χ1v) is 16.9. The van der Waals surface area contributed by atoms with Crippen molar-refractivity contribution in [3.63, 3.8) is 0 Å². The van der Waals surface area contributed by atoms with Crippen LogP contribution in [0.5, 0.6) is 0 Å². The largest absolute Gasteiger partial charge is 0.456 e. The molecule has 0 N–H and O–H groups in total. The van der Waals surface area contributed by atoms with E-state index < -0.39 is 0 Å². The molecule has 9 aromatic rings. The minimum Gasteiger partial charge on any atom is -0.456 e. The van der Waals surface area contributed by atoms with Crippen molar-refractivity contribution >= 4 is 54.5 Å². The summed E-state index contributed by atoms with van der Waals surface area (Å²) in [7, 11) is 0. The normalized spacial score (nSPS) is 12.1. The second-order valence-corrected chi connectivity index (χ2v) is 13.5. The molecule has 0 saturated carbocycles. The Kier molecular flexibility index (Phi) is 6.76. The third kappa shape index (κ3) is 5.10. The van der Waals surface area contributed by atoms with Crippen molar-refractivity contribution in [1.29, 1.82) is 0 Å². The molecule has 0 radical (unpaired) electrons. The highest BCUT2D eigenvalue weighted by Crippen LogP contribution is 2.36. The maximum absolute atomic E-state index is 6.26. The van der Waals surface area contributed by atoms with Gasteiger partial charge in [0.2, 0.25) is 0 Å². The first kappa shape index (κ1) is 29.2. The zero-order valence-electron chi connectivity index (χ0n) is 27.7. The monoisotopic (exact) mass is 634 g/mol. The maximum Gasteiger partial charge on any atom is 0.136 e. The molecule has 0 amide bonds. The molecule has 49 heavy (non-hydrogen) atoms. The molecule has 0 aliphatic rings. The zero-order valence-corrected chi connectivity index (χ0v) is 27.7. The Morgan fingerprint density at radius 1 is 0.531 bits per heavy atom. The molecule has 0 bridgehead atoms. The van der Waals surface area contributed by atoms with Crippen LogP contribution in [0.3, 0.4) is 0 Å². The van der Waals surface area contributed by atoms with E-state index in [4.69, 9.17) is 24.4 Å². The highest BCUT2D eigenvalue weighted by Gasteiger charge is 2.27. The summed E-state index contributed by atoms with van der Waals surface area (Å²) in [6.07, 6.45) is 1.50. The topological polar surface area (TPSA) is 64.7 Å². The number of hydrogen-bond donors (Lipinski definition) is 0. The third-order valence-electron chi connectivity index (χ3n) is 9.65. The van der Waals surface area contributed by atoms with Gasteiger partial charge in [-0.3, -0.25) is 0 Å². The minimum atomic E-state index is -0.360. The second-order valence-electron chi connectivity index (χ2n) is 13.5. The number of hydrogen-bond acceptors (Lipinski definition) is 5. The summed E-state index contributed by atoms with van der Waals surface area (Å²) >= 11 is 0. The second kappa shape index (κ2) is 11.3. The van der Waals surface area contributed by atoms with Crippen LogP contribution in [0.25, 0.3) is 77.0 Å². The number of aromatic nitrogens is 4. The summed E-state index contributed by atoms with van der Waals surface area (Å²) in [5.74, 6) is 1.65. The van der Waals surface area contributed by atoms with Crippen LogP contribution in [0.4, 0.5) is 0 Å². The summed E-state index contributed by atoms with van der Waals surface area (Å²) in [4.78, 5) is 20.4. The number of nitrogens with zero attached hydrogens (tertiary/aromatic N) is 4. The molecule has 0 atom stereocenters. The Hall–Kier alpha value is -5.94. The number of fused-ring (bicyclic) bond motifs is 6. The van der Waals surface area contributed by atoms with Gasteiger partial charge < -0.3 is 4.42 Å². The quantitative estimate of drug-likeness (QED) is 0.182. The smallest absolute Gasteiger partial charge is 0.136 e. The molecule has 0 fully saturated rings. The zero-order chi connectivity index (χ0) is 33.1. The van der Waals surface area contributed by atoms with Gasteiger partial charge in [0.05, 0.1) is 22.4 Å². The lowest BCUT2D eigenvalue weighted by Gasteiger charge is -2.25. The van der Waals surface area contributed by atoms with E-state index in [-0.39, 0.29) is 5.41 Å². The lowest BCUT2D eigenvalue weighted by Crippen LogP contribution is -2.24. The Balaban J connectivity index is 1.14. The Morgan fingerprint density at radius 2 is 1.22 bits per heavy atom. The van der Waals surface area contributed by atoms with Crippen molar-refractivity contribution < 1.29 is 4.42 Å².